The topological polar surface area (TPSA) is 78.3 Å². The Morgan fingerprint density at radius 2 is 1.75 bits per heavy atom. The average Bonchev–Trinajstić information content (AvgIpc) is 3.00. The molecule has 0 aliphatic heterocycles. The number of nitrogens with one attached hydrogen (secondary N) is 1. The van der Waals surface area contributed by atoms with Gasteiger partial charge in [-0.2, -0.15) is 5.10 Å². The highest BCUT2D eigenvalue weighted by Gasteiger charge is 2.16. The number of nitrogens with zero attached hydrogens (tertiary/aromatic N) is 3. The van der Waals surface area contributed by atoms with Crippen LogP contribution >= 0.6 is 0 Å². The summed E-state index contributed by atoms with van der Waals surface area (Å²) >= 11 is 0. The molecule has 0 saturated carbocycles. The van der Waals surface area contributed by atoms with E-state index in [9.17, 15) is 4.79 Å². The van der Waals surface area contributed by atoms with Crippen LogP contribution in [0.15, 0.2) is 42.5 Å². The average molecular weight is 376 g/mol. The standard InChI is InChI=1S/C21H20N4O3/c1-12-5-6-18-13(7-12)10-17-19(24-25(2)20(17)22-18)23-21(26)14-8-15(27-3)11-16(9-14)28-4/h5-11H,1-4H3,(H,23,24,26). The van der Waals surface area contributed by atoms with Gasteiger partial charge in [0.2, 0.25) is 0 Å². The molecule has 0 atom stereocenters. The number of carbonyl (C=O) groups is 1. The summed E-state index contributed by atoms with van der Waals surface area (Å²) in [6.07, 6.45) is 0. The summed E-state index contributed by atoms with van der Waals surface area (Å²) in [5, 5.41) is 9.11. The molecule has 0 unspecified atom stereocenters. The molecule has 0 saturated heterocycles. The van der Waals surface area contributed by atoms with Crippen LogP contribution in [0.5, 0.6) is 11.5 Å². The highest BCUT2D eigenvalue weighted by atomic mass is 16.5. The van der Waals surface area contributed by atoms with Gasteiger partial charge in [-0.15, -0.1) is 0 Å². The van der Waals surface area contributed by atoms with Gasteiger partial charge in [-0.25, -0.2) is 9.67 Å². The molecule has 7 heteroatoms. The van der Waals surface area contributed by atoms with Crippen molar-refractivity contribution in [1.82, 2.24) is 14.8 Å². The highest BCUT2D eigenvalue weighted by Crippen LogP contribution is 2.27. The Balaban J connectivity index is 1.76. The first-order valence-corrected chi connectivity index (χ1v) is 8.77. The maximum absolute atomic E-state index is 12.8. The summed E-state index contributed by atoms with van der Waals surface area (Å²) in [6.45, 7) is 2.03. The molecule has 0 fully saturated rings. The van der Waals surface area contributed by atoms with Crippen LogP contribution in [0.3, 0.4) is 0 Å². The summed E-state index contributed by atoms with van der Waals surface area (Å²) in [7, 11) is 4.89. The molecular weight excluding hydrogens is 356 g/mol. The second kappa shape index (κ2) is 6.84. The second-order valence-corrected chi connectivity index (χ2v) is 6.58. The van der Waals surface area contributed by atoms with E-state index in [4.69, 9.17) is 9.47 Å². The third-order valence-electron chi connectivity index (χ3n) is 4.61. The van der Waals surface area contributed by atoms with Crippen LogP contribution in [0.1, 0.15) is 15.9 Å². The summed E-state index contributed by atoms with van der Waals surface area (Å²) in [5.74, 6) is 1.23. The third kappa shape index (κ3) is 3.11. The van der Waals surface area contributed by atoms with Crippen LogP contribution in [0.25, 0.3) is 21.9 Å². The molecule has 4 aromatic rings. The minimum atomic E-state index is -0.304. The van der Waals surface area contributed by atoms with E-state index in [0.717, 1.165) is 21.9 Å². The van der Waals surface area contributed by atoms with Gasteiger partial charge in [0.1, 0.15) is 11.5 Å². The summed E-state index contributed by atoms with van der Waals surface area (Å²) in [6, 6.07) is 13.1. The van der Waals surface area contributed by atoms with Gasteiger partial charge >= 0.3 is 0 Å². The molecule has 2 heterocycles. The number of anilines is 1. The van der Waals surface area contributed by atoms with Crippen molar-refractivity contribution in [3.05, 3.63) is 53.6 Å². The SMILES string of the molecule is COc1cc(OC)cc(C(=O)Nc2nn(C)c3nc4ccc(C)cc4cc23)c1. The maximum Gasteiger partial charge on any atom is 0.257 e. The zero-order chi connectivity index (χ0) is 19.8. The van der Waals surface area contributed by atoms with E-state index in [1.165, 1.54) is 0 Å². The van der Waals surface area contributed by atoms with E-state index in [-0.39, 0.29) is 5.91 Å². The Kier molecular flexibility index (Phi) is 4.35. The predicted molar refractivity (Wildman–Crippen MR) is 108 cm³/mol. The minimum Gasteiger partial charge on any atom is -0.497 e. The lowest BCUT2D eigenvalue weighted by molar-refractivity contribution is 0.102. The van der Waals surface area contributed by atoms with E-state index in [0.29, 0.717) is 28.5 Å². The second-order valence-electron chi connectivity index (χ2n) is 6.58. The van der Waals surface area contributed by atoms with Crippen molar-refractivity contribution >= 4 is 33.7 Å². The van der Waals surface area contributed by atoms with E-state index < -0.39 is 0 Å². The Labute approximate surface area is 161 Å². The van der Waals surface area contributed by atoms with Crippen LogP contribution in [-0.2, 0) is 7.05 Å². The van der Waals surface area contributed by atoms with Crippen molar-refractivity contribution in [1.29, 1.82) is 0 Å². The molecule has 0 radical (unpaired) electrons. The number of carbonyl (C=O) groups excluding carboxylic acids is 1. The molecule has 2 aromatic heterocycles. The number of amides is 1. The molecule has 1 N–H and O–H groups in total. The first kappa shape index (κ1) is 17.8. The van der Waals surface area contributed by atoms with Crippen LogP contribution < -0.4 is 14.8 Å². The zero-order valence-corrected chi connectivity index (χ0v) is 16.1. The van der Waals surface area contributed by atoms with Gasteiger partial charge in [-0.1, -0.05) is 11.6 Å². The minimum absolute atomic E-state index is 0.304. The lowest BCUT2D eigenvalue weighted by Gasteiger charge is -2.08. The van der Waals surface area contributed by atoms with Gasteiger partial charge in [-0.3, -0.25) is 4.79 Å². The van der Waals surface area contributed by atoms with E-state index in [1.54, 1.807) is 44.1 Å². The van der Waals surface area contributed by atoms with Crippen molar-refractivity contribution in [2.24, 2.45) is 7.05 Å². The Morgan fingerprint density at radius 1 is 1.04 bits per heavy atom. The van der Waals surface area contributed by atoms with Gasteiger partial charge in [0, 0.05) is 24.1 Å². The fourth-order valence-electron chi connectivity index (χ4n) is 3.17. The van der Waals surface area contributed by atoms with Crippen LogP contribution in [0.2, 0.25) is 0 Å². The number of hydrogen-bond donors (Lipinski definition) is 1. The number of fused-ring (bicyclic) bond motifs is 2. The Hall–Kier alpha value is -3.61. The van der Waals surface area contributed by atoms with Crippen molar-refractivity contribution in [2.75, 3.05) is 19.5 Å². The summed E-state index contributed by atoms with van der Waals surface area (Å²) < 4.78 is 12.1. The summed E-state index contributed by atoms with van der Waals surface area (Å²) in [5.41, 5.74) is 3.15. The Bertz CT molecular complexity index is 1190. The molecule has 0 spiro atoms. The largest absolute Gasteiger partial charge is 0.497 e. The molecule has 0 aliphatic carbocycles. The van der Waals surface area contributed by atoms with Crippen LogP contribution in [-0.4, -0.2) is 34.9 Å². The fraction of sp³-hybridized carbons (Fsp3) is 0.190. The first-order valence-electron chi connectivity index (χ1n) is 8.77. The lowest BCUT2D eigenvalue weighted by Crippen LogP contribution is -2.13. The van der Waals surface area contributed by atoms with Gasteiger partial charge in [0.15, 0.2) is 11.5 Å². The van der Waals surface area contributed by atoms with Gasteiger partial charge in [0.05, 0.1) is 25.1 Å². The molecule has 2 aromatic carbocycles. The quantitative estimate of drug-likeness (QED) is 0.588. The molecule has 28 heavy (non-hydrogen) atoms. The van der Waals surface area contributed by atoms with Crippen LogP contribution in [0.4, 0.5) is 5.82 Å². The van der Waals surface area contributed by atoms with E-state index in [1.807, 2.05) is 25.1 Å². The number of benzene rings is 2. The van der Waals surface area contributed by atoms with Gasteiger partial charge in [-0.05, 0) is 37.3 Å². The molecule has 1 amide bonds. The Morgan fingerprint density at radius 3 is 2.43 bits per heavy atom. The number of rotatable bonds is 4. The third-order valence-corrected chi connectivity index (χ3v) is 4.61. The monoisotopic (exact) mass is 376 g/mol. The number of hydrogen-bond acceptors (Lipinski definition) is 5. The molecular formula is C21H20N4O3. The predicted octanol–water partition coefficient (Wildman–Crippen LogP) is 3.70. The van der Waals surface area contributed by atoms with Crippen molar-refractivity contribution in [3.63, 3.8) is 0 Å². The molecule has 142 valence electrons. The number of methoxy groups -OCH3 is 2. The van der Waals surface area contributed by atoms with Crippen LogP contribution in [0, 0.1) is 6.92 Å². The van der Waals surface area contributed by atoms with E-state index >= 15 is 0 Å². The number of ether oxygens (including phenoxy) is 2. The molecule has 7 nitrogen and oxygen atoms in total. The smallest absolute Gasteiger partial charge is 0.257 e. The van der Waals surface area contributed by atoms with Gasteiger partial charge < -0.3 is 14.8 Å². The van der Waals surface area contributed by atoms with Crippen molar-refractivity contribution in [2.45, 2.75) is 6.92 Å². The van der Waals surface area contributed by atoms with E-state index in [2.05, 4.69) is 21.5 Å². The molecule has 0 bridgehead atoms. The lowest BCUT2D eigenvalue weighted by atomic mass is 10.1. The fourth-order valence-corrected chi connectivity index (χ4v) is 3.17. The van der Waals surface area contributed by atoms with Gasteiger partial charge in [0.25, 0.3) is 5.91 Å². The maximum atomic E-state index is 12.8. The van der Waals surface area contributed by atoms with Crippen molar-refractivity contribution in [3.8, 4) is 11.5 Å². The number of aromatic nitrogens is 3. The van der Waals surface area contributed by atoms with Crippen molar-refractivity contribution < 1.29 is 14.3 Å². The summed E-state index contributed by atoms with van der Waals surface area (Å²) in [4.78, 5) is 17.5. The first-order chi connectivity index (χ1) is 13.5. The normalized spacial score (nSPS) is 11.0. The number of pyridine rings is 1. The number of aryl methyl sites for hydroxylation is 2. The zero-order valence-electron chi connectivity index (χ0n) is 16.1. The molecule has 0 aliphatic rings. The molecule has 4 rings (SSSR count). The highest BCUT2D eigenvalue weighted by molar-refractivity contribution is 6.09.